The number of benzene rings is 1. The second-order valence-electron chi connectivity index (χ2n) is 7.38. The first kappa shape index (κ1) is 17.7. The van der Waals surface area contributed by atoms with Crippen molar-refractivity contribution in [3.8, 4) is 0 Å². The van der Waals surface area contributed by atoms with Crippen LogP contribution in [0.25, 0.3) is 0 Å². The Morgan fingerprint density at radius 1 is 1.11 bits per heavy atom. The number of rotatable bonds is 4. The summed E-state index contributed by atoms with van der Waals surface area (Å²) in [6.07, 6.45) is 4.35. The molecule has 1 aliphatic carbocycles. The monoisotopic (exact) mass is 371 g/mol. The van der Waals surface area contributed by atoms with E-state index in [4.69, 9.17) is 9.47 Å². The number of hydrogen-bond acceptors (Lipinski definition) is 6. The standard InChI is InChI=1S/C20H21NO6/c22-16-17(23)21(14-9-5-2-6-10-14)15-18(24)27-12-20(15,16)19(25)26-11-13-7-3-1-4-8-13/h1,3-4,7-8,14-15H,2,5-6,9-12H2/t15-,20+/m1/s1. The summed E-state index contributed by atoms with van der Waals surface area (Å²) in [5.74, 6) is -3.21. The maximum atomic E-state index is 12.9. The summed E-state index contributed by atoms with van der Waals surface area (Å²) in [5.41, 5.74) is -1.12. The van der Waals surface area contributed by atoms with Gasteiger partial charge in [-0.15, -0.1) is 0 Å². The number of fused-ring (bicyclic) bond motifs is 1. The molecule has 27 heavy (non-hydrogen) atoms. The van der Waals surface area contributed by atoms with Crippen molar-refractivity contribution in [3.05, 3.63) is 35.9 Å². The van der Waals surface area contributed by atoms with E-state index < -0.39 is 41.7 Å². The van der Waals surface area contributed by atoms with Crippen LogP contribution >= 0.6 is 0 Å². The van der Waals surface area contributed by atoms with Crippen molar-refractivity contribution in [2.45, 2.75) is 50.8 Å². The highest BCUT2D eigenvalue weighted by molar-refractivity contribution is 6.46. The molecule has 0 unspecified atom stereocenters. The number of hydrogen-bond donors (Lipinski definition) is 0. The molecule has 2 atom stereocenters. The molecule has 3 aliphatic rings. The van der Waals surface area contributed by atoms with E-state index in [-0.39, 0.29) is 12.6 Å². The third kappa shape index (κ3) is 2.72. The number of esters is 2. The van der Waals surface area contributed by atoms with Gasteiger partial charge in [0.25, 0.3) is 5.91 Å². The van der Waals surface area contributed by atoms with Crippen LogP contribution in [0.3, 0.4) is 0 Å². The van der Waals surface area contributed by atoms with Gasteiger partial charge >= 0.3 is 11.9 Å². The summed E-state index contributed by atoms with van der Waals surface area (Å²) >= 11 is 0. The number of nitrogens with zero attached hydrogens (tertiary/aromatic N) is 1. The molecular weight excluding hydrogens is 350 g/mol. The summed E-state index contributed by atoms with van der Waals surface area (Å²) in [7, 11) is 0. The molecule has 1 aromatic carbocycles. The highest BCUT2D eigenvalue weighted by Crippen LogP contribution is 2.44. The third-order valence-electron chi connectivity index (χ3n) is 5.79. The predicted octanol–water partition coefficient (Wildman–Crippen LogP) is 1.39. The topological polar surface area (TPSA) is 90.0 Å². The Kier molecular flexibility index (Phi) is 4.45. The molecule has 1 aromatic rings. The van der Waals surface area contributed by atoms with Crippen LogP contribution < -0.4 is 0 Å². The van der Waals surface area contributed by atoms with Crippen LogP contribution in [0.15, 0.2) is 30.3 Å². The Bertz CT molecular complexity index is 785. The summed E-state index contributed by atoms with van der Waals surface area (Å²) in [4.78, 5) is 52.2. The van der Waals surface area contributed by atoms with Gasteiger partial charge in [0, 0.05) is 6.04 Å². The maximum absolute atomic E-state index is 12.9. The number of carbonyl (C=O) groups excluding carboxylic acids is 4. The van der Waals surface area contributed by atoms with E-state index in [9.17, 15) is 19.2 Å². The fourth-order valence-electron chi connectivity index (χ4n) is 4.36. The van der Waals surface area contributed by atoms with Gasteiger partial charge in [-0.25, -0.2) is 4.79 Å². The first-order chi connectivity index (χ1) is 13.1. The molecule has 7 nitrogen and oxygen atoms in total. The van der Waals surface area contributed by atoms with Gasteiger partial charge in [0.05, 0.1) is 0 Å². The lowest BCUT2D eigenvalue weighted by Gasteiger charge is -2.34. The molecule has 0 radical (unpaired) electrons. The lowest BCUT2D eigenvalue weighted by atomic mass is 9.81. The van der Waals surface area contributed by atoms with Crippen LogP contribution in [-0.4, -0.2) is 47.2 Å². The zero-order valence-electron chi connectivity index (χ0n) is 14.9. The van der Waals surface area contributed by atoms with Crippen LogP contribution in [0.5, 0.6) is 0 Å². The maximum Gasteiger partial charge on any atom is 0.330 e. The fourth-order valence-corrected chi connectivity index (χ4v) is 4.36. The van der Waals surface area contributed by atoms with Crippen LogP contribution in [0.2, 0.25) is 0 Å². The number of ketones is 1. The van der Waals surface area contributed by atoms with E-state index >= 15 is 0 Å². The molecule has 0 aromatic heterocycles. The van der Waals surface area contributed by atoms with E-state index in [0.717, 1.165) is 37.7 Å². The molecule has 2 saturated heterocycles. The highest BCUT2D eigenvalue weighted by Gasteiger charge is 2.72. The van der Waals surface area contributed by atoms with Gasteiger partial charge in [-0.1, -0.05) is 49.6 Å². The van der Waals surface area contributed by atoms with Gasteiger partial charge in [0.15, 0.2) is 6.04 Å². The summed E-state index contributed by atoms with van der Waals surface area (Å²) < 4.78 is 10.4. The average molecular weight is 371 g/mol. The largest absolute Gasteiger partial charge is 0.462 e. The van der Waals surface area contributed by atoms with Gasteiger partial charge in [-0.3, -0.25) is 14.4 Å². The van der Waals surface area contributed by atoms with Gasteiger partial charge in [-0.2, -0.15) is 0 Å². The number of carbonyl (C=O) groups is 4. The number of amides is 1. The quantitative estimate of drug-likeness (QED) is 0.451. The van der Waals surface area contributed by atoms with Crippen molar-refractivity contribution in [2.24, 2.45) is 5.41 Å². The van der Waals surface area contributed by atoms with Crippen molar-refractivity contribution in [1.29, 1.82) is 0 Å². The number of ether oxygens (including phenoxy) is 2. The zero-order valence-corrected chi connectivity index (χ0v) is 14.9. The summed E-state index contributed by atoms with van der Waals surface area (Å²) in [6, 6.07) is 7.61. The van der Waals surface area contributed by atoms with Crippen LogP contribution in [0, 0.1) is 5.41 Å². The normalized spacial score (nSPS) is 28.2. The predicted molar refractivity (Wildman–Crippen MR) is 92.1 cm³/mol. The van der Waals surface area contributed by atoms with Crippen LogP contribution in [0.4, 0.5) is 0 Å². The molecule has 1 amide bonds. The molecule has 3 fully saturated rings. The van der Waals surface area contributed by atoms with E-state index in [2.05, 4.69) is 0 Å². The molecular formula is C20H21NO6. The number of Topliss-reactive ketones (excluding diaryl/α,β-unsaturated/α-hetero) is 1. The molecule has 7 heteroatoms. The molecule has 142 valence electrons. The third-order valence-corrected chi connectivity index (χ3v) is 5.79. The van der Waals surface area contributed by atoms with Crippen LogP contribution in [0.1, 0.15) is 37.7 Å². The Balaban J connectivity index is 1.61. The van der Waals surface area contributed by atoms with Gasteiger partial charge in [0.2, 0.25) is 11.2 Å². The first-order valence-electron chi connectivity index (χ1n) is 9.30. The Morgan fingerprint density at radius 3 is 2.52 bits per heavy atom. The number of cyclic esters (lactones) is 1. The van der Waals surface area contributed by atoms with Crippen molar-refractivity contribution >= 4 is 23.6 Å². The Hall–Kier alpha value is -2.70. The smallest absolute Gasteiger partial charge is 0.330 e. The number of likely N-dealkylation sites (tertiary alicyclic amines) is 1. The second-order valence-corrected chi connectivity index (χ2v) is 7.38. The van der Waals surface area contributed by atoms with E-state index in [0.29, 0.717) is 0 Å². The fraction of sp³-hybridized carbons (Fsp3) is 0.500. The summed E-state index contributed by atoms with van der Waals surface area (Å²) in [6.45, 7) is -0.467. The zero-order chi connectivity index (χ0) is 19.0. The molecule has 2 heterocycles. The molecule has 4 rings (SSSR count). The second kappa shape index (κ2) is 6.79. The van der Waals surface area contributed by atoms with Gasteiger partial charge in [-0.05, 0) is 18.4 Å². The van der Waals surface area contributed by atoms with E-state index in [1.54, 1.807) is 12.1 Å². The van der Waals surface area contributed by atoms with Gasteiger partial charge < -0.3 is 14.4 Å². The Morgan fingerprint density at radius 2 is 1.81 bits per heavy atom. The van der Waals surface area contributed by atoms with Crippen molar-refractivity contribution in [1.82, 2.24) is 4.90 Å². The van der Waals surface area contributed by atoms with Crippen molar-refractivity contribution in [2.75, 3.05) is 6.61 Å². The lowest BCUT2D eigenvalue weighted by molar-refractivity contribution is -0.162. The van der Waals surface area contributed by atoms with Crippen molar-refractivity contribution in [3.63, 3.8) is 0 Å². The van der Waals surface area contributed by atoms with Crippen molar-refractivity contribution < 1.29 is 28.7 Å². The molecule has 0 N–H and O–H groups in total. The highest BCUT2D eigenvalue weighted by atomic mass is 16.6. The van der Waals surface area contributed by atoms with Gasteiger partial charge in [0.1, 0.15) is 13.2 Å². The molecule has 2 aliphatic heterocycles. The SMILES string of the molecule is O=C1OC[C@@]2(C(=O)OCc3ccccc3)C(=O)C(=O)N(C3CCCCC3)[C@H]12. The minimum atomic E-state index is -1.87. The summed E-state index contributed by atoms with van der Waals surface area (Å²) in [5, 5.41) is 0. The Labute approximate surface area is 156 Å². The lowest BCUT2D eigenvalue weighted by Crippen LogP contribution is -2.51. The minimum absolute atomic E-state index is 0.0345. The van der Waals surface area contributed by atoms with E-state index in [1.165, 1.54) is 4.90 Å². The molecule has 1 saturated carbocycles. The average Bonchev–Trinajstić information content (AvgIpc) is 3.16. The van der Waals surface area contributed by atoms with E-state index in [1.807, 2.05) is 18.2 Å². The molecule has 0 bridgehead atoms. The minimum Gasteiger partial charge on any atom is -0.462 e. The molecule has 0 spiro atoms. The first-order valence-corrected chi connectivity index (χ1v) is 9.30. The van der Waals surface area contributed by atoms with Crippen LogP contribution in [-0.2, 0) is 35.3 Å².